The summed E-state index contributed by atoms with van der Waals surface area (Å²) < 4.78 is 9.22. The lowest BCUT2D eigenvalue weighted by Gasteiger charge is -2.25. The summed E-state index contributed by atoms with van der Waals surface area (Å²) in [5.74, 6) is -1.45. The highest BCUT2D eigenvalue weighted by Gasteiger charge is 2.46. The molecule has 0 aromatic rings. The van der Waals surface area contributed by atoms with Gasteiger partial charge in [-0.2, -0.15) is 0 Å². The van der Waals surface area contributed by atoms with Crippen molar-refractivity contribution in [3.63, 3.8) is 0 Å². The summed E-state index contributed by atoms with van der Waals surface area (Å²) in [5, 5.41) is 0. The van der Waals surface area contributed by atoms with Gasteiger partial charge in [0.25, 0.3) is 0 Å². The number of carbonyl (C=O) groups excluding carboxylic acids is 3. The van der Waals surface area contributed by atoms with Crippen molar-refractivity contribution in [3.05, 3.63) is 18.4 Å². The average molecular weight is 240 g/mol. The minimum atomic E-state index is -1.49. The molecule has 17 heavy (non-hydrogen) atoms. The van der Waals surface area contributed by atoms with E-state index >= 15 is 0 Å². The Morgan fingerprint density at radius 1 is 1.29 bits per heavy atom. The molecule has 0 aliphatic rings. The fourth-order valence-electron chi connectivity index (χ4n) is 1.50. The van der Waals surface area contributed by atoms with E-state index in [1.54, 1.807) is 0 Å². The molecule has 0 atom stereocenters. The molecule has 0 spiro atoms. The molecule has 0 aliphatic carbocycles. The van der Waals surface area contributed by atoms with Gasteiger partial charge in [0.1, 0.15) is 6.29 Å². The van der Waals surface area contributed by atoms with E-state index in [2.05, 4.69) is 21.8 Å². The van der Waals surface area contributed by atoms with Crippen molar-refractivity contribution in [1.82, 2.24) is 0 Å². The predicted molar refractivity (Wildman–Crippen MR) is 60.1 cm³/mol. The van der Waals surface area contributed by atoms with Gasteiger partial charge < -0.3 is 14.3 Å². The van der Waals surface area contributed by atoms with E-state index < -0.39 is 17.4 Å². The van der Waals surface area contributed by atoms with Crippen LogP contribution in [0.2, 0.25) is 0 Å². The second kappa shape index (κ2) is 7.41. The molecule has 0 rings (SSSR count). The molecule has 0 saturated heterocycles. The van der Waals surface area contributed by atoms with E-state index in [1.165, 1.54) is 20.3 Å². The molecule has 0 fully saturated rings. The monoisotopic (exact) mass is 240 g/mol. The van der Waals surface area contributed by atoms with Crippen LogP contribution in [0.4, 0.5) is 0 Å². The van der Waals surface area contributed by atoms with Gasteiger partial charge in [0.15, 0.2) is 5.41 Å². The highest BCUT2D eigenvalue weighted by atomic mass is 16.5. The van der Waals surface area contributed by atoms with Gasteiger partial charge in [-0.15, -0.1) is 5.73 Å². The van der Waals surface area contributed by atoms with E-state index in [0.717, 1.165) is 0 Å². The maximum absolute atomic E-state index is 11.7. The van der Waals surface area contributed by atoms with E-state index in [1.807, 2.05) is 0 Å². The highest BCUT2D eigenvalue weighted by Crippen LogP contribution is 2.31. The van der Waals surface area contributed by atoms with Crippen molar-refractivity contribution in [2.24, 2.45) is 5.41 Å². The molecule has 5 heteroatoms. The first kappa shape index (κ1) is 15.1. The van der Waals surface area contributed by atoms with Crippen LogP contribution in [0.3, 0.4) is 0 Å². The third-order valence-electron chi connectivity index (χ3n) is 2.44. The Morgan fingerprint density at radius 2 is 1.82 bits per heavy atom. The van der Waals surface area contributed by atoms with Crippen LogP contribution in [0, 0.1) is 5.41 Å². The van der Waals surface area contributed by atoms with E-state index in [-0.39, 0.29) is 19.3 Å². The lowest BCUT2D eigenvalue weighted by atomic mass is 9.80. The summed E-state index contributed by atoms with van der Waals surface area (Å²) in [4.78, 5) is 33.9. The summed E-state index contributed by atoms with van der Waals surface area (Å²) in [6.45, 7) is 3.36. The van der Waals surface area contributed by atoms with Gasteiger partial charge in [-0.3, -0.25) is 9.59 Å². The first-order valence-electron chi connectivity index (χ1n) is 5.03. The Bertz CT molecular complexity index is 323. The van der Waals surface area contributed by atoms with Gasteiger partial charge in [-0.25, -0.2) is 0 Å². The van der Waals surface area contributed by atoms with Crippen LogP contribution in [0.15, 0.2) is 18.4 Å². The van der Waals surface area contributed by atoms with Crippen LogP contribution < -0.4 is 0 Å². The Hall–Kier alpha value is -1.87. The smallest absolute Gasteiger partial charge is 0.323 e. The van der Waals surface area contributed by atoms with Crippen molar-refractivity contribution in [1.29, 1.82) is 0 Å². The van der Waals surface area contributed by atoms with Crippen molar-refractivity contribution in [2.75, 3.05) is 14.2 Å². The van der Waals surface area contributed by atoms with Gasteiger partial charge in [-0.05, 0) is 18.9 Å². The molecule has 0 bridgehead atoms. The summed E-state index contributed by atoms with van der Waals surface area (Å²) in [5.41, 5.74) is 0.987. The Labute approximate surface area is 100 Å². The van der Waals surface area contributed by atoms with Crippen molar-refractivity contribution < 1.29 is 23.9 Å². The van der Waals surface area contributed by atoms with E-state index in [4.69, 9.17) is 0 Å². The number of carbonyl (C=O) groups is 3. The minimum Gasteiger partial charge on any atom is -0.468 e. The quantitative estimate of drug-likeness (QED) is 0.288. The average Bonchev–Trinajstić information content (AvgIpc) is 2.37. The molecule has 5 nitrogen and oxygen atoms in total. The standard InChI is InChI=1S/C12H16O5/c1-4-5-7-12(8-6-9-13,10(14)16-2)11(15)17-3/h5,9H,1,6-8H2,2-3H3. The van der Waals surface area contributed by atoms with Crippen LogP contribution >= 0.6 is 0 Å². The molecular weight excluding hydrogens is 224 g/mol. The van der Waals surface area contributed by atoms with Gasteiger partial charge in [0.2, 0.25) is 0 Å². The van der Waals surface area contributed by atoms with Gasteiger partial charge >= 0.3 is 11.9 Å². The highest BCUT2D eigenvalue weighted by molar-refractivity contribution is 6.00. The molecule has 0 amide bonds. The molecule has 0 aliphatic heterocycles. The Balaban J connectivity index is 5.32. The van der Waals surface area contributed by atoms with Crippen molar-refractivity contribution >= 4 is 18.2 Å². The molecule has 0 aromatic carbocycles. The zero-order chi connectivity index (χ0) is 13.3. The van der Waals surface area contributed by atoms with Crippen LogP contribution in [-0.4, -0.2) is 32.4 Å². The molecule has 0 N–H and O–H groups in total. The first-order chi connectivity index (χ1) is 8.08. The minimum absolute atomic E-state index is 0.0357. The van der Waals surface area contributed by atoms with Crippen LogP contribution in [0.5, 0.6) is 0 Å². The zero-order valence-electron chi connectivity index (χ0n) is 10.0. The number of allylic oxidation sites excluding steroid dienone is 1. The fraction of sp³-hybridized carbons (Fsp3) is 0.500. The summed E-state index contributed by atoms with van der Waals surface area (Å²) in [6, 6.07) is 0. The summed E-state index contributed by atoms with van der Waals surface area (Å²) in [6.07, 6.45) is 2.23. The van der Waals surface area contributed by atoms with Crippen LogP contribution in [0.1, 0.15) is 19.3 Å². The topological polar surface area (TPSA) is 69.7 Å². The molecular formula is C12H16O5. The Kier molecular flexibility index (Phi) is 6.60. The van der Waals surface area contributed by atoms with E-state index in [0.29, 0.717) is 6.29 Å². The number of methoxy groups -OCH3 is 2. The predicted octanol–water partition coefficient (Wildman–Crippen LogP) is 1.03. The zero-order valence-corrected chi connectivity index (χ0v) is 10.0. The summed E-state index contributed by atoms with van der Waals surface area (Å²) in [7, 11) is 2.36. The first-order valence-corrected chi connectivity index (χ1v) is 5.03. The summed E-state index contributed by atoms with van der Waals surface area (Å²) >= 11 is 0. The van der Waals surface area contributed by atoms with Gasteiger partial charge in [-0.1, -0.05) is 6.58 Å². The normalized spacial score (nSPS) is 10.0. The third-order valence-corrected chi connectivity index (χ3v) is 2.44. The number of esters is 2. The largest absolute Gasteiger partial charge is 0.468 e. The van der Waals surface area contributed by atoms with Gasteiger partial charge in [0, 0.05) is 6.42 Å². The Morgan fingerprint density at radius 3 is 2.18 bits per heavy atom. The number of hydrogen-bond donors (Lipinski definition) is 0. The van der Waals surface area contributed by atoms with Crippen molar-refractivity contribution in [3.8, 4) is 0 Å². The number of aldehydes is 1. The van der Waals surface area contributed by atoms with Crippen LogP contribution in [0.25, 0.3) is 0 Å². The number of rotatable bonds is 7. The maximum atomic E-state index is 11.7. The SMILES string of the molecule is C=C=CCC(CCC=O)(C(=O)OC)C(=O)OC. The third kappa shape index (κ3) is 3.57. The van der Waals surface area contributed by atoms with Crippen LogP contribution in [-0.2, 0) is 23.9 Å². The lowest BCUT2D eigenvalue weighted by molar-refractivity contribution is -0.169. The maximum Gasteiger partial charge on any atom is 0.323 e. The number of hydrogen-bond acceptors (Lipinski definition) is 5. The molecule has 0 aromatic heterocycles. The second-order valence-electron chi connectivity index (χ2n) is 3.38. The molecule has 0 radical (unpaired) electrons. The molecule has 0 saturated carbocycles. The molecule has 0 unspecified atom stereocenters. The van der Waals surface area contributed by atoms with Gasteiger partial charge in [0.05, 0.1) is 14.2 Å². The molecule has 94 valence electrons. The fourth-order valence-corrected chi connectivity index (χ4v) is 1.50. The second-order valence-corrected chi connectivity index (χ2v) is 3.38. The molecule has 0 heterocycles. The lowest BCUT2D eigenvalue weighted by Crippen LogP contribution is -2.41. The van der Waals surface area contributed by atoms with Crippen molar-refractivity contribution in [2.45, 2.75) is 19.3 Å². The number of ether oxygens (including phenoxy) is 2. The van der Waals surface area contributed by atoms with E-state index in [9.17, 15) is 14.4 Å².